The van der Waals surface area contributed by atoms with E-state index in [-0.39, 0.29) is 36.8 Å². The molecular weight excluding hydrogens is 1120 g/mol. The number of ether oxygens (including phenoxy) is 1. The van der Waals surface area contributed by atoms with E-state index in [4.69, 9.17) is 88.6 Å². The average molecular weight is 1220 g/mol. The second-order valence-electron chi connectivity index (χ2n) is 18.7. The molecule has 8 atom stereocenters. The van der Waals surface area contributed by atoms with Crippen LogP contribution < -0.4 is 0 Å². The first-order valence-corrected chi connectivity index (χ1v) is 44.1. The Hall–Kier alpha value is 3.28. The fourth-order valence-electron chi connectivity index (χ4n) is 6.83. The van der Waals surface area contributed by atoms with Crippen LogP contribution in [0.15, 0.2) is 0 Å². The number of hydrogen-bond acceptors (Lipinski definition) is 18. The van der Waals surface area contributed by atoms with Crippen LogP contribution in [-0.2, 0) is 81.1 Å². The first-order chi connectivity index (χ1) is 33.1. The fourth-order valence-corrected chi connectivity index (χ4v) is 27.9. The van der Waals surface area contributed by atoms with Crippen molar-refractivity contribution in [2.75, 3.05) is 56.5 Å². The summed E-state index contributed by atoms with van der Waals surface area (Å²) in [5, 5.41) is 0. The van der Waals surface area contributed by atoms with E-state index in [1.807, 2.05) is 20.8 Å². The Kier molecular flexibility index (Phi) is 45.1. The van der Waals surface area contributed by atoms with Crippen molar-refractivity contribution < 1.29 is 45.7 Å². The van der Waals surface area contributed by atoms with Crippen molar-refractivity contribution in [3.63, 3.8) is 0 Å². The zero-order valence-corrected chi connectivity index (χ0v) is 56.3. The molecule has 0 aliphatic rings. The molecule has 10 nitrogen and oxygen atoms in total. The Bertz CT molecular complexity index is 1350. The zero-order valence-electron chi connectivity index (χ0n) is 46.0. The second kappa shape index (κ2) is 43.1. The fraction of sp³-hybridized carbons (Fsp3) is 0.979. The first-order valence-electron chi connectivity index (χ1n) is 26.6. The zero-order chi connectivity index (χ0) is 53.1. The molecule has 0 heterocycles. The van der Waals surface area contributed by atoms with E-state index in [0.29, 0.717) is 73.1 Å². The molecule has 0 rings (SSSR count). The van der Waals surface area contributed by atoms with Crippen LogP contribution in [0.2, 0.25) is 0 Å². The predicted octanol–water partition coefficient (Wildman–Crippen LogP) is 19.1. The molecule has 422 valence electrons. The summed E-state index contributed by atoms with van der Waals surface area (Å²) >= 11 is 30.1. The molecule has 0 aromatic heterocycles. The van der Waals surface area contributed by atoms with Gasteiger partial charge in [-0.25, -0.2) is 0 Å². The maximum atomic E-state index is 11.9. The summed E-state index contributed by atoms with van der Waals surface area (Å²) in [7, 11) is 1.38. The van der Waals surface area contributed by atoms with Crippen LogP contribution in [0, 0.1) is 23.7 Å². The number of thiol groups is 1. The molecule has 0 saturated heterocycles. The van der Waals surface area contributed by atoms with Crippen molar-refractivity contribution in [1.82, 2.24) is 0 Å². The number of rotatable bonds is 49. The Morgan fingerprint density at radius 3 is 1.19 bits per heavy atom. The second-order valence-corrected chi connectivity index (χ2v) is 45.0. The van der Waals surface area contributed by atoms with Crippen molar-refractivity contribution in [2.45, 2.75) is 224 Å². The van der Waals surface area contributed by atoms with Gasteiger partial charge in [-0.3, -0.25) is 0 Å². The van der Waals surface area contributed by atoms with E-state index in [1.165, 1.54) is 55.6 Å². The molecule has 70 heavy (non-hydrogen) atoms. The third-order valence-corrected chi connectivity index (χ3v) is 34.4. The van der Waals surface area contributed by atoms with Gasteiger partial charge in [-0.2, -0.15) is 0 Å². The topological polar surface area (TPSA) is 100 Å². The third kappa shape index (κ3) is 36.5. The molecule has 0 N–H and O–H groups in total. The molecule has 0 radical (unpaired) electrons. The van der Waals surface area contributed by atoms with Crippen LogP contribution in [0.5, 0.6) is 0 Å². The quantitative estimate of drug-likeness (QED) is 0.0355. The van der Waals surface area contributed by atoms with Crippen LogP contribution >= 0.6 is 81.0 Å². The number of carbonyl (C=O) groups is 1. The molecule has 0 fully saturated rings. The van der Waals surface area contributed by atoms with E-state index in [9.17, 15) is 4.79 Å². The molecule has 0 spiro atoms. The minimum absolute atomic E-state index is 0.153. The van der Waals surface area contributed by atoms with Crippen LogP contribution in [0.3, 0.4) is 0 Å². The van der Waals surface area contributed by atoms with Gasteiger partial charge in [0.15, 0.2) is 0 Å². The average Bonchev–Trinajstić information content (AvgIpc) is 3.32. The molecule has 0 aliphatic heterocycles. The van der Waals surface area contributed by atoms with Gasteiger partial charge >= 0.3 is 472 Å². The van der Waals surface area contributed by atoms with E-state index < -0.39 is 23.2 Å². The Morgan fingerprint density at radius 2 is 0.886 bits per heavy atom. The van der Waals surface area contributed by atoms with Crippen molar-refractivity contribution >= 4 is 122 Å². The normalized spacial score (nSPS) is 18.3. The van der Waals surface area contributed by atoms with Gasteiger partial charge in [0.2, 0.25) is 0 Å². The number of methoxy groups -OCH3 is 1. The summed E-state index contributed by atoms with van der Waals surface area (Å²) in [6.07, 6.45) is 13.8. The molecule has 8 unspecified atom stereocenters. The van der Waals surface area contributed by atoms with Crippen molar-refractivity contribution in [3.8, 4) is 0 Å². The van der Waals surface area contributed by atoms with Gasteiger partial charge in [0.25, 0.3) is 0 Å². The number of esters is 1. The maximum absolute atomic E-state index is 11.9. The molecular formula is C48H102O10P4S8. The van der Waals surface area contributed by atoms with E-state index in [0.717, 1.165) is 77.0 Å². The van der Waals surface area contributed by atoms with Crippen LogP contribution in [0.1, 0.15) is 199 Å². The minimum atomic E-state index is -3.34. The van der Waals surface area contributed by atoms with Crippen LogP contribution in [0.4, 0.5) is 0 Å². The van der Waals surface area contributed by atoms with Gasteiger partial charge in [-0.1, -0.05) is 0 Å². The van der Waals surface area contributed by atoms with E-state index in [2.05, 4.69) is 69.2 Å². The molecule has 0 aliphatic carbocycles. The Morgan fingerprint density at radius 1 is 0.529 bits per heavy atom. The van der Waals surface area contributed by atoms with Crippen LogP contribution in [0.25, 0.3) is 0 Å². The summed E-state index contributed by atoms with van der Waals surface area (Å²) in [5.41, 5.74) is -8.27. The van der Waals surface area contributed by atoms with E-state index >= 15 is 0 Å². The van der Waals surface area contributed by atoms with Crippen molar-refractivity contribution in [3.05, 3.63) is 0 Å². The molecule has 22 heteroatoms. The predicted molar refractivity (Wildman–Crippen MR) is 332 cm³/mol. The summed E-state index contributed by atoms with van der Waals surface area (Å²) in [6.45, 7) is 30.2. The first kappa shape index (κ1) is 73.3. The summed E-state index contributed by atoms with van der Waals surface area (Å²) in [4.78, 5) is 11.9. The summed E-state index contributed by atoms with van der Waals surface area (Å²) < 4.78 is 58.3. The van der Waals surface area contributed by atoms with Gasteiger partial charge in [0.1, 0.15) is 0 Å². The SMILES string of the molecule is CCCCC(CC)COP(=S)(OCC(CC)CCCC)SCC(C)O[PH](S)(OC(C)CSP(=S)(OCC(CC)CCCC)OCC(CC)CCCC)SCC(C)OP(=S)(OC(C)C)SCCC(=O)OC. The van der Waals surface area contributed by atoms with Crippen LogP contribution in [-0.4, -0.2) is 86.9 Å². The standard InChI is InChI=1S/C48H102O10P4S8/c1-15-23-27-44(19-5)33-51-59(63,52-34-45(20-6)28-24-16-2)68-37-41(11)57-62(66,70-39-43(13)56-61(65,55-40(9)10)67-32-31-48(49)50-14)58-42(12)38-69-60(64,53-35-46(21-7)29-25-17-3)54-36-47(22-8)30-26-18-4/h40-47,62,66H,15-39H2,1-14H3. The molecule has 0 amide bonds. The molecule has 0 bridgehead atoms. The number of unbranched alkanes of at least 4 members (excludes halogenated alkanes) is 4. The van der Waals surface area contributed by atoms with Gasteiger partial charge in [-0.05, 0) is 0 Å². The number of hydrogen-bond donors (Lipinski definition) is 1. The monoisotopic (exact) mass is 1220 g/mol. The molecule has 0 aromatic rings. The number of carbonyl (C=O) groups excluding carboxylic acids is 1. The van der Waals surface area contributed by atoms with Gasteiger partial charge in [-0.15, -0.1) is 0 Å². The van der Waals surface area contributed by atoms with Gasteiger partial charge < -0.3 is 0 Å². The van der Waals surface area contributed by atoms with Gasteiger partial charge in [0.05, 0.1) is 0 Å². The van der Waals surface area contributed by atoms with Crippen molar-refractivity contribution in [1.29, 1.82) is 0 Å². The van der Waals surface area contributed by atoms with E-state index in [1.54, 1.807) is 22.8 Å². The third-order valence-electron chi connectivity index (χ3n) is 11.6. The van der Waals surface area contributed by atoms with Gasteiger partial charge in [0, 0.05) is 0 Å². The molecule has 0 aromatic carbocycles. The Balaban J connectivity index is 6.66. The van der Waals surface area contributed by atoms with Crippen molar-refractivity contribution in [2.24, 2.45) is 23.7 Å². The summed E-state index contributed by atoms with van der Waals surface area (Å²) in [5.74, 6) is 3.50. The summed E-state index contributed by atoms with van der Waals surface area (Å²) in [6, 6.07) is 0. The Labute approximate surface area is 468 Å². The molecule has 0 saturated carbocycles.